The Bertz CT molecular complexity index is 452. The standard InChI is InChI=1S/C16H20BrClO/c17-13-9-12-7-8-19-16(12)14(10-13)15(18)11-5-3-1-2-4-6-11/h9-11,15H,1-8H2. The second-order valence-electron chi connectivity index (χ2n) is 5.74. The van der Waals surface area contributed by atoms with Gasteiger partial charge < -0.3 is 4.74 Å². The molecule has 1 aromatic rings. The molecule has 3 rings (SSSR count). The maximum Gasteiger partial charge on any atom is 0.127 e. The van der Waals surface area contributed by atoms with Crippen LogP contribution in [0.15, 0.2) is 16.6 Å². The van der Waals surface area contributed by atoms with Crippen LogP contribution in [-0.4, -0.2) is 6.61 Å². The maximum atomic E-state index is 6.81. The molecule has 1 unspecified atom stereocenters. The van der Waals surface area contributed by atoms with Crippen molar-refractivity contribution < 1.29 is 4.74 Å². The molecule has 1 aliphatic carbocycles. The van der Waals surface area contributed by atoms with Crippen molar-refractivity contribution in [2.75, 3.05) is 6.61 Å². The molecule has 1 fully saturated rings. The summed E-state index contributed by atoms with van der Waals surface area (Å²) in [5.41, 5.74) is 2.51. The SMILES string of the molecule is ClC(c1cc(Br)cc2c1OCC2)C1CCCCCC1. The smallest absolute Gasteiger partial charge is 0.127 e. The Balaban J connectivity index is 1.88. The highest BCUT2D eigenvalue weighted by atomic mass is 79.9. The third kappa shape index (κ3) is 2.95. The highest BCUT2D eigenvalue weighted by Crippen LogP contribution is 2.45. The van der Waals surface area contributed by atoms with Crippen LogP contribution in [0.5, 0.6) is 5.75 Å². The summed E-state index contributed by atoms with van der Waals surface area (Å²) in [7, 11) is 0. The first-order chi connectivity index (χ1) is 9.25. The van der Waals surface area contributed by atoms with E-state index in [1.165, 1.54) is 49.7 Å². The second-order valence-corrected chi connectivity index (χ2v) is 7.12. The van der Waals surface area contributed by atoms with Gasteiger partial charge in [-0.1, -0.05) is 41.6 Å². The van der Waals surface area contributed by atoms with Crippen LogP contribution in [0.1, 0.15) is 55.0 Å². The van der Waals surface area contributed by atoms with Crippen LogP contribution < -0.4 is 4.74 Å². The third-order valence-corrected chi connectivity index (χ3v) is 5.44. The molecule has 1 saturated carbocycles. The van der Waals surface area contributed by atoms with Gasteiger partial charge in [0.15, 0.2) is 0 Å². The van der Waals surface area contributed by atoms with Crippen LogP contribution >= 0.6 is 27.5 Å². The predicted octanol–water partition coefficient (Wildman–Crippen LogP) is 5.63. The number of ether oxygens (including phenoxy) is 1. The molecule has 1 aromatic carbocycles. The molecule has 0 amide bonds. The first kappa shape index (κ1) is 13.8. The van der Waals surface area contributed by atoms with E-state index in [2.05, 4.69) is 28.1 Å². The summed E-state index contributed by atoms with van der Waals surface area (Å²) in [6, 6.07) is 4.33. The van der Waals surface area contributed by atoms with Crippen molar-refractivity contribution in [1.29, 1.82) is 0 Å². The summed E-state index contributed by atoms with van der Waals surface area (Å²) < 4.78 is 6.95. The van der Waals surface area contributed by atoms with E-state index in [1.807, 2.05) is 0 Å². The lowest BCUT2D eigenvalue weighted by Gasteiger charge is -2.22. The van der Waals surface area contributed by atoms with Gasteiger partial charge in [0.1, 0.15) is 5.75 Å². The fourth-order valence-corrected chi connectivity index (χ4v) is 4.30. The van der Waals surface area contributed by atoms with Gasteiger partial charge in [-0.2, -0.15) is 0 Å². The minimum Gasteiger partial charge on any atom is -0.493 e. The molecule has 1 aliphatic heterocycles. The summed E-state index contributed by atoms with van der Waals surface area (Å²) in [6.07, 6.45) is 8.91. The maximum absolute atomic E-state index is 6.81. The summed E-state index contributed by atoms with van der Waals surface area (Å²) in [5, 5.41) is 0.0995. The Morgan fingerprint density at radius 2 is 1.89 bits per heavy atom. The van der Waals surface area contributed by atoms with Crippen LogP contribution in [0.2, 0.25) is 0 Å². The second kappa shape index (κ2) is 6.05. The van der Waals surface area contributed by atoms with E-state index < -0.39 is 0 Å². The van der Waals surface area contributed by atoms with Gasteiger partial charge in [0.2, 0.25) is 0 Å². The van der Waals surface area contributed by atoms with Gasteiger partial charge in [-0.15, -0.1) is 11.6 Å². The van der Waals surface area contributed by atoms with Gasteiger partial charge in [-0.3, -0.25) is 0 Å². The molecular formula is C16H20BrClO. The van der Waals surface area contributed by atoms with E-state index in [-0.39, 0.29) is 5.38 Å². The van der Waals surface area contributed by atoms with Crippen LogP contribution in [0, 0.1) is 5.92 Å². The van der Waals surface area contributed by atoms with Crippen molar-refractivity contribution in [3.05, 3.63) is 27.7 Å². The van der Waals surface area contributed by atoms with E-state index in [4.69, 9.17) is 16.3 Å². The van der Waals surface area contributed by atoms with Crippen molar-refractivity contribution in [2.45, 2.75) is 50.3 Å². The van der Waals surface area contributed by atoms with Gasteiger partial charge in [-0.25, -0.2) is 0 Å². The van der Waals surface area contributed by atoms with Crippen LogP contribution in [-0.2, 0) is 6.42 Å². The summed E-state index contributed by atoms with van der Waals surface area (Å²) in [6.45, 7) is 0.799. The minimum absolute atomic E-state index is 0.0995. The molecule has 0 N–H and O–H groups in total. The molecule has 19 heavy (non-hydrogen) atoms. The molecule has 104 valence electrons. The van der Waals surface area contributed by atoms with Crippen molar-refractivity contribution >= 4 is 27.5 Å². The van der Waals surface area contributed by atoms with Crippen LogP contribution in [0.25, 0.3) is 0 Å². The van der Waals surface area contributed by atoms with E-state index in [9.17, 15) is 0 Å². The zero-order valence-corrected chi connectivity index (χ0v) is 13.5. The van der Waals surface area contributed by atoms with E-state index in [0.717, 1.165) is 23.2 Å². The van der Waals surface area contributed by atoms with E-state index in [1.54, 1.807) is 0 Å². The zero-order chi connectivity index (χ0) is 13.2. The number of alkyl halides is 1. The largest absolute Gasteiger partial charge is 0.493 e. The van der Waals surface area contributed by atoms with Crippen molar-refractivity contribution in [1.82, 2.24) is 0 Å². The average Bonchev–Trinajstić information content (AvgIpc) is 2.70. The topological polar surface area (TPSA) is 9.23 Å². The van der Waals surface area contributed by atoms with Crippen LogP contribution in [0.3, 0.4) is 0 Å². The lowest BCUT2D eigenvalue weighted by Crippen LogP contribution is -2.08. The van der Waals surface area contributed by atoms with Crippen molar-refractivity contribution in [3.63, 3.8) is 0 Å². The van der Waals surface area contributed by atoms with Crippen molar-refractivity contribution in [3.8, 4) is 5.75 Å². The van der Waals surface area contributed by atoms with Gasteiger partial charge in [0, 0.05) is 16.5 Å². The predicted molar refractivity (Wildman–Crippen MR) is 83.1 cm³/mol. The Morgan fingerprint density at radius 3 is 2.63 bits per heavy atom. The molecule has 0 spiro atoms. The Kier molecular flexibility index (Phi) is 4.38. The Morgan fingerprint density at radius 1 is 1.16 bits per heavy atom. The Labute approximate surface area is 128 Å². The molecule has 1 nitrogen and oxygen atoms in total. The lowest BCUT2D eigenvalue weighted by molar-refractivity contribution is 0.347. The molecule has 1 heterocycles. The first-order valence-electron chi connectivity index (χ1n) is 7.35. The molecule has 2 aliphatic rings. The molecule has 0 aromatic heterocycles. The van der Waals surface area contributed by atoms with Crippen LogP contribution in [0.4, 0.5) is 0 Å². The number of rotatable bonds is 2. The molecule has 0 saturated heterocycles. The number of benzene rings is 1. The molecule has 0 bridgehead atoms. The minimum atomic E-state index is 0.0995. The summed E-state index contributed by atoms with van der Waals surface area (Å²) in [5.74, 6) is 1.67. The number of halogens is 2. The molecule has 0 radical (unpaired) electrons. The zero-order valence-electron chi connectivity index (χ0n) is 11.1. The van der Waals surface area contributed by atoms with Crippen molar-refractivity contribution in [2.24, 2.45) is 5.92 Å². The normalized spacial score (nSPS) is 21.6. The fourth-order valence-electron chi connectivity index (χ4n) is 3.36. The quantitative estimate of drug-likeness (QED) is 0.499. The van der Waals surface area contributed by atoms with Gasteiger partial charge in [0.25, 0.3) is 0 Å². The van der Waals surface area contributed by atoms with Gasteiger partial charge >= 0.3 is 0 Å². The highest BCUT2D eigenvalue weighted by molar-refractivity contribution is 9.10. The van der Waals surface area contributed by atoms with Gasteiger partial charge in [0.05, 0.1) is 12.0 Å². The molecular weight excluding hydrogens is 324 g/mol. The average molecular weight is 344 g/mol. The summed E-state index contributed by atoms with van der Waals surface area (Å²) in [4.78, 5) is 0. The molecule has 1 atom stereocenters. The lowest BCUT2D eigenvalue weighted by atomic mass is 9.90. The summed E-state index contributed by atoms with van der Waals surface area (Å²) >= 11 is 10.4. The fraction of sp³-hybridized carbons (Fsp3) is 0.625. The van der Waals surface area contributed by atoms with Gasteiger partial charge in [-0.05, 0) is 36.5 Å². The number of hydrogen-bond donors (Lipinski definition) is 0. The highest BCUT2D eigenvalue weighted by Gasteiger charge is 2.28. The monoisotopic (exact) mass is 342 g/mol. The molecule has 3 heteroatoms. The number of hydrogen-bond acceptors (Lipinski definition) is 1. The van der Waals surface area contributed by atoms with E-state index >= 15 is 0 Å². The first-order valence-corrected chi connectivity index (χ1v) is 8.58. The van der Waals surface area contributed by atoms with E-state index in [0.29, 0.717) is 5.92 Å². The third-order valence-electron chi connectivity index (χ3n) is 4.39. The number of fused-ring (bicyclic) bond motifs is 1. The Hall–Kier alpha value is -0.210.